The van der Waals surface area contributed by atoms with E-state index in [1.807, 2.05) is 12.1 Å². The van der Waals surface area contributed by atoms with E-state index in [1.165, 1.54) is 0 Å². The molecule has 0 fully saturated rings. The van der Waals surface area contributed by atoms with Crippen LogP contribution < -0.4 is 0 Å². The van der Waals surface area contributed by atoms with Gasteiger partial charge in [0.1, 0.15) is 6.79 Å². The average molecular weight is 231 g/mol. The minimum absolute atomic E-state index is 0.0246. The smallest absolute Gasteiger partial charge is 0.146 e. The summed E-state index contributed by atoms with van der Waals surface area (Å²) < 4.78 is 9.94. The Morgan fingerprint density at radius 3 is 2.80 bits per heavy atom. The average Bonchev–Trinajstić information content (AvgIpc) is 2.25. The second kappa shape index (κ2) is 6.80. The van der Waals surface area contributed by atoms with Crippen molar-refractivity contribution in [1.82, 2.24) is 0 Å². The Hall–Kier alpha value is -0.610. The molecule has 0 atom stereocenters. The van der Waals surface area contributed by atoms with Crippen LogP contribution in [0.3, 0.4) is 0 Å². The normalized spacial score (nSPS) is 10.6. The molecule has 0 saturated carbocycles. The molecule has 15 heavy (non-hydrogen) atoms. The lowest BCUT2D eigenvalue weighted by atomic mass is 10.1. The molecule has 0 heterocycles. The highest BCUT2D eigenvalue weighted by molar-refractivity contribution is 6.30. The number of halogens is 1. The lowest BCUT2D eigenvalue weighted by Crippen LogP contribution is -2.03. The predicted octanol–water partition coefficient (Wildman–Crippen LogP) is 2.00. The molecule has 1 aromatic rings. The van der Waals surface area contributed by atoms with E-state index in [1.54, 1.807) is 13.2 Å². The van der Waals surface area contributed by atoms with Gasteiger partial charge in [-0.3, -0.25) is 0 Å². The fourth-order valence-electron chi connectivity index (χ4n) is 1.31. The lowest BCUT2D eigenvalue weighted by Gasteiger charge is -2.08. The van der Waals surface area contributed by atoms with Crippen molar-refractivity contribution < 1.29 is 14.6 Å². The van der Waals surface area contributed by atoms with E-state index in [-0.39, 0.29) is 13.4 Å². The van der Waals surface area contributed by atoms with Crippen LogP contribution >= 0.6 is 11.6 Å². The molecule has 4 heteroatoms. The molecule has 0 aliphatic heterocycles. The van der Waals surface area contributed by atoms with Crippen LogP contribution in [0.1, 0.15) is 11.1 Å². The molecule has 1 rings (SSSR count). The first-order chi connectivity index (χ1) is 7.27. The molecular formula is C11H15ClO3. The maximum absolute atomic E-state index is 9.10. The van der Waals surface area contributed by atoms with Gasteiger partial charge in [-0.1, -0.05) is 17.7 Å². The number of ether oxygens (including phenoxy) is 2. The van der Waals surface area contributed by atoms with Crippen LogP contribution in [0, 0.1) is 0 Å². The third-order valence-electron chi connectivity index (χ3n) is 2.06. The van der Waals surface area contributed by atoms with E-state index in [9.17, 15) is 0 Å². The first kappa shape index (κ1) is 12.5. The zero-order chi connectivity index (χ0) is 11.1. The Labute approximate surface area is 94.6 Å². The van der Waals surface area contributed by atoms with Gasteiger partial charge in [0.05, 0.1) is 13.2 Å². The summed E-state index contributed by atoms with van der Waals surface area (Å²) in [7, 11) is 1.58. The monoisotopic (exact) mass is 230 g/mol. The van der Waals surface area contributed by atoms with Crippen LogP contribution in [0.4, 0.5) is 0 Å². The van der Waals surface area contributed by atoms with Crippen molar-refractivity contribution in [3.8, 4) is 0 Å². The molecule has 0 bridgehead atoms. The molecule has 3 nitrogen and oxygen atoms in total. The molecule has 0 spiro atoms. The molecule has 0 aliphatic carbocycles. The van der Waals surface area contributed by atoms with E-state index >= 15 is 0 Å². The summed E-state index contributed by atoms with van der Waals surface area (Å²) in [6.45, 7) is 0.868. The van der Waals surface area contributed by atoms with Crippen LogP contribution in [0.15, 0.2) is 18.2 Å². The maximum Gasteiger partial charge on any atom is 0.146 e. The first-order valence-corrected chi connectivity index (χ1v) is 5.10. The van der Waals surface area contributed by atoms with Crippen molar-refractivity contribution in [2.75, 3.05) is 20.5 Å². The van der Waals surface area contributed by atoms with Gasteiger partial charge in [0.2, 0.25) is 0 Å². The van der Waals surface area contributed by atoms with Crippen LogP contribution in [0.5, 0.6) is 0 Å². The van der Waals surface area contributed by atoms with Gasteiger partial charge in [-0.15, -0.1) is 0 Å². The van der Waals surface area contributed by atoms with Crippen molar-refractivity contribution in [1.29, 1.82) is 0 Å². The van der Waals surface area contributed by atoms with Crippen molar-refractivity contribution in [2.45, 2.75) is 13.0 Å². The first-order valence-electron chi connectivity index (χ1n) is 4.72. The maximum atomic E-state index is 9.10. The van der Waals surface area contributed by atoms with E-state index < -0.39 is 0 Å². The third-order valence-corrected chi connectivity index (χ3v) is 2.29. The standard InChI is InChI=1S/C11H15ClO3/c1-14-8-15-5-4-9-6-11(12)3-2-10(9)7-13/h2-3,6,13H,4-5,7-8H2,1H3. The topological polar surface area (TPSA) is 38.7 Å². The largest absolute Gasteiger partial charge is 0.392 e. The quantitative estimate of drug-likeness (QED) is 0.600. The number of hydrogen-bond donors (Lipinski definition) is 1. The number of rotatable bonds is 6. The van der Waals surface area contributed by atoms with Crippen LogP contribution in [0.2, 0.25) is 5.02 Å². The highest BCUT2D eigenvalue weighted by Gasteiger charge is 2.02. The van der Waals surface area contributed by atoms with Crippen LogP contribution in [-0.4, -0.2) is 25.6 Å². The number of aliphatic hydroxyl groups is 1. The summed E-state index contributed by atoms with van der Waals surface area (Å²) in [5.74, 6) is 0. The minimum Gasteiger partial charge on any atom is -0.392 e. The molecule has 0 radical (unpaired) electrons. The van der Waals surface area contributed by atoms with E-state index in [4.69, 9.17) is 26.2 Å². The third kappa shape index (κ3) is 4.18. The molecule has 0 saturated heterocycles. The van der Waals surface area contributed by atoms with Crippen LogP contribution in [0.25, 0.3) is 0 Å². The highest BCUT2D eigenvalue weighted by Crippen LogP contribution is 2.16. The summed E-state index contributed by atoms with van der Waals surface area (Å²) in [6.07, 6.45) is 0.722. The van der Waals surface area contributed by atoms with Crippen LogP contribution in [-0.2, 0) is 22.5 Å². The zero-order valence-corrected chi connectivity index (χ0v) is 9.46. The molecule has 0 aliphatic rings. The summed E-state index contributed by atoms with van der Waals surface area (Å²) in [6, 6.07) is 5.45. The lowest BCUT2D eigenvalue weighted by molar-refractivity contribution is -0.0292. The van der Waals surface area contributed by atoms with Gasteiger partial charge in [-0.2, -0.15) is 0 Å². The van der Waals surface area contributed by atoms with Crippen molar-refractivity contribution in [2.24, 2.45) is 0 Å². The van der Waals surface area contributed by atoms with Gasteiger partial charge in [-0.25, -0.2) is 0 Å². The molecule has 0 unspecified atom stereocenters. The number of benzene rings is 1. The molecule has 0 amide bonds. The molecule has 0 aromatic heterocycles. The number of aliphatic hydroxyl groups excluding tert-OH is 1. The predicted molar refractivity (Wildman–Crippen MR) is 58.9 cm³/mol. The van der Waals surface area contributed by atoms with Gasteiger partial charge in [0.15, 0.2) is 0 Å². The Kier molecular flexibility index (Phi) is 5.65. The van der Waals surface area contributed by atoms with E-state index in [2.05, 4.69) is 0 Å². The Balaban J connectivity index is 2.54. The second-order valence-corrected chi connectivity index (χ2v) is 3.57. The highest BCUT2D eigenvalue weighted by atomic mass is 35.5. The minimum atomic E-state index is 0.0246. The molecule has 84 valence electrons. The SMILES string of the molecule is COCOCCc1cc(Cl)ccc1CO. The van der Waals surface area contributed by atoms with Gasteiger partial charge in [-0.05, 0) is 29.7 Å². The number of methoxy groups -OCH3 is 1. The summed E-state index contributed by atoms with van der Waals surface area (Å²) in [4.78, 5) is 0. The summed E-state index contributed by atoms with van der Waals surface area (Å²) in [5, 5.41) is 9.78. The van der Waals surface area contributed by atoms with Gasteiger partial charge < -0.3 is 14.6 Å². The van der Waals surface area contributed by atoms with Gasteiger partial charge >= 0.3 is 0 Å². The fraction of sp³-hybridized carbons (Fsp3) is 0.455. The summed E-state index contributed by atoms with van der Waals surface area (Å²) >= 11 is 5.87. The zero-order valence-electron chi connectivity index (χ0n) is 8.70. The molecule has 1 N–H and O–H groups in total. The Bertz CT molecular complexity index is 302. The Morgan fingerprint density at radius 1 is 1.33 bits per heavy atom. The molecular weight excluding hydrogens is 216 g/mol. The van der Waals surface area contributed by atoms with Crippen molar-refractivity contribution >= 4 is 11.6 Å². The summed E-state index contributed by atoms with van der Waals surface area (Å²) in [5.41, 5.74) is 1.90. The van der Waals surface area contributed by atoms with E-state index in [0.29, 0.717) is 11.6 Å². The Morgan fingerprint density at radius 2 is 2.13 bits per heavy atom. The van der Waals surface area contributed by atoms with Gasteiger partial charge in [0, 0.05) is 12.1 Å². The van der Waals surface area contributed by atoms with Crippen molar-refractivity contribution in [3.63, 3.8) is 0 Å². The van der Waals surface area contributed by atoms with Gasteiger partial charge in [0.25, 0.3) is 0 Å². The molecule has 1 aromatic carbocycles. The fourth-order valence-corrected chi connectivity index (χ4v) is 1.50. The van der Waals surface area contributed by atoms with Crippen molar-refractivity contribution in [3.05, 3.63) is 34.3 Å². The van der Waals surface area contributed by atoms with E-state index in [0.717, 1.165) is 17.5 Å². The second-order valence-electron chi connectivity index (χ2n) is 3.14. The number of hydrogen-bond acceptors (Lipinski definition) is 3.